The predicted octanol–water partition coefficient (Wildman–Crippen LogP) is 2.87. The van der Waals surface area contributed by atoms with Crippen molar-refractivity contribution >= 4 is 55.8 Å². The summed E-state index contributed by atoms with van der Waals surface area (Å²) in [6.45, 7) is 0.596. The first-order valence-corrected chi connectivity index (χ1v) is 10.6. The van der Waals surface area contributed by atoms with Crippen molar-refractivity contribution in [2.45, 2.75) is 13.0 Å². The lowest BCUT2D eigenvalue weighted by atomic mass is 10.2. The Morgan fingerprint density at radius 3 is 2.73 bits per heavy atom. The van der Waals surface area contributed by atoms with Gasteiger partial charge in [-0.25, -0.2) is 4.98 Å². The number of hydrogen-bond donors (Lipinski definition) is 1. The van der Waals surface area contributed by atoms with Crippen molar-refractivity contribution in [3.8, 4) is 0 Å². The zero-order chi connectivity index (χ0) is 19.1. The average Bonchev–Trinajstić information content (AvgIpc) is 2.95. The van der Waals surface area contributed by atoms with Gasteiger partial charge in [0.15, 0.2) is 5.13 Å². The highest BCUT2D eigenvalue weighted by molar-refractivity contribution is 7.86. The Kier molecular flexibility index (Phi) is 5.57. The summed E-state index contributed by atoms with van der Waals surface area (Å²) in [6.07, 6.45) is 0.497. The van der Waals surface area contributed by atoms with Crippen LogP contribution in [0.2, 0.25) is 10.0 Å². The molecule has 1 aliphatic rings. The molecular weight excluding hydrogens is 419 g/mol. The highest BCUT2D eigenvalue weighted by atomic mass is 35.5. The molecule has 1 N–H and O–H groups in total. The van der Waals surface area contributed by atoms with Gasteiger partial charge in [0.25, 0.3) is 16.1 Å². The number of amides is 1. The summed E-state index contributed by atoms with van der Waals surface area (Å²) >= 11 is 13.2. The van der Waals surface area contributed by atoms with E-state index >= 15 is 0 Å². The molecule has 0 aliphatic carbocycles. The van der Waals surface area contributed by atoms with E-state index in [1.54, 1.807) is 12.1 Å². The van der Waals surface area contributed by atoms with E-state index in [0.29, 0.717) is 28.7 Å². The fourth-order valence-electron chi connectivity index (χ4n) is 2.49. The fourth-order valence-corrected chi connectivity index (χ4v) is 5.16. The lowest BCUT2D eigenvalue weighted by Gasteiger charge is -2.27. The van der Waals surface area contributed by atoms with E-state index in [-0.39, 0.29) is 11.6 Å². The van der Waals surface area contributed by atoms with Crippen molar-refractivity contribution in [2.75, 3.05) is 26.0 Å². The van der Waals surface area contributed by atoms with Crippen molar-refractivity contribution < 1.29 is 13.2 Å². The van der Waals surface area contributed by atoms with Crippen LogP contribution in [0.5, 0.6) is 0 Å². The Bertz CT molecular complexity index is 960. The number of rotatable bonds is 4. The summed E-state index contributed by atoms with van der Waals surface area (Å²) in [6, 6.07) is 4.62. The zero-order valence-electron chi connectivity index (χ0n) is 14.0. The van der Waals surface area contributed by atoms with Crippen molar-refractivity contribution in [1.29, 1.82) is 0 Å². The summed E-state index contributed by atoms with van der Waals surface area (Å²) in [5.74, 6) is -0.393. The highest BCUT2D eigenvalue weighted by Gasteiger charge is 2.30. The van der Waals surface area contributed by atoms with Gasteiger partial charge in [0.1, 0.15) is 0 Å². The van der Waals surface area contributed by atoms with Crippen LogP contribution >= 0.6 is 34.5 Å². The molecule has 1 aliphatic heterocycles. The zero-order valence-corrected chi connectivity index (χ0v) is 17.1. The summed E-state index contributed by atoms with van der Waals surface area (Å²) in [4.78, 5) is 17.6. The van der Waals surface area contributed by atoms with Gasteiger partial charge in [0.05, 0.1) is 22.8 Å². The molecular formula is C15H16Cl2N4O3S2. The highest BCUT2D eigenvalue weighted by Crippen LogP contribution is 2.30. The number of hydrogen-bond acceptors (Lipinski definition) is 5. The second-order valence-corrected chi connectivity index (χ2v) is 9.91. The summed E-state index contributed by atoms with van der Waals surface area (Å²) in [5, 5.41) is 3.82. The van der Waals surface area contributed by atoms with Crippen LogP contribution in [-0.2, 0) is 23.2 Å². The van der Waals surface area contributed by atoms with Gasteiger partial charge < -0.3 is 0 Å². The largest absolute Gasteiger partial charge is 0.298 e. The fraction of sp³-hybridized carbons (Fsp3) is 0.333. The quantitative estimate of drug-likeness (QED) is 0.801. The number of nitrogens with zero attached hydrogens (tertiary/aromatic N) is 3. The first-order valence-electron chi connectivity index (χ1n) is 7.61. The van der Waals surface area contributed by atoms with Crippen LogP contribution in [0.1, 0.15) is 20.9 Å². The smallest absolute Gasteiger partial charge is 0.281 e. The third-order valence-corrected chi connectivity index (χ3v) is 7.31. The van der Waals surface area contributed by atoms with E-state index in [4.69, 9.17) is 23.2 Å². The molecule has 0 saturated carbocycles. The number of benzene rings is 1. The Hall–Kier alpha value is -1.23. The van der Waals surface area contributed by atoms with Crippen molar-refractivity contribution in [3.05, 3.63) is 44.4 Å². The number of aromatic nitrogens is 1. The lowest BCUT2D eigenvalue weighted by Crippen LogP contribution is -2.42. The molecule has 2 aromatic rings. The number of anilines is 1. The van der Waals surface area contributed by atoms with E-state index in [9.17, 15) is 13.2 Å². The number of carbonyl (C=O) groups is 1. The molecule has 0 saturated heterocycles. The molecule has 140 valence electrons. The summed E-state index contributed by atoms with van der Waals surface area (Å²) in [5.41, 5.74) is 1.10. The maximum absolute atomic E-state index is 12.4. The average molecular weight is 435 g/mol. The molecule has 11 heteroatoms. The van der Waals surface area contributed by atoms with E-state index < -0.39 is 16.1 Å². The van der Waals surface area contributed by atoms with Gasteiger partial charge in [-0.3, -0.25) is 10.1 Å². The Labute approximate surface area is 165 Å². The molecule has 3 rings (SSSR count). The molecule has 0 radical (unpaired) electrons. The van der Waals surface area contributed by atoms with Crippen LogP contribution in [0, 0.1) is 0 Å². The third-order valence-electron chi connectivity index (χ3n) is 3.88. The first-order chi connectivity index (χ1) is 12.2. The van der Waals surface area contributed by atoms with Gasteiger partial charge in [-0.1, -0.05) is 23.2 Å². The van der Waals surface area contributed by atoms with Gasteiger partial charge in [0.2, 0.25) is 0 Å². The van der Waals surface area contributed by atoms with Crippen molar-refractivity contribution in [1.82, 2.24) is 13.6 Å². The standard InChI is InChI=1S/C15H16Cl2N4O3S2/c1-20(2)26(23,24)21-6-5-12-13(8-21)25-15(18-12)19-14(22)10-4-3-9(16)7-11(10)17/h3-4,7H,5-6,8H2,1-2H3,(H,18,19,22). The van der Waals surface area contributed by atoms with E-state index in [2.05, 4.69) is 10.3 Å². The number of thiazole rings is 1. The van der Waals surface area contributed by atoms with Crippen LogP contribution in [0.4, 0.5) is 5.13 Å². The van der Waals surface area contributed by atoms with Gasteiger partial charge in [-0.15, -0.1) is 11.3 Å². The van der Waals surface area contributed by atoms with Crippen molar-refractivity contribution in [2.24, 2.45) is 0 Å². The maximum Gasteiger partial charge on any atom is 0.281 e. The van der Waals surface area contributed by atoms with E-state index in [1.165, 1.54) is 40.1 Å². The molecule has 7 nitrogen and oxygen atoms in total. The molecule has 1 aromatic carbocycles. The molecule has 0 fully saturated rings. The van der Waals surface area contributed by atoms with Gasteiger partial charge in [-0.05, 0) is 18.2 Å². The molecule has 0 unspecified atom stereocenters. The van der Waals surface area contributed by atoms with Crippen LogP contribution in [0.3, 0.4) is 0 Å². The Morgan fingerprint density at radius 2 is 2.08 bits per heavy atom. The molecule has 0 bridgehead atoms. The molecule has 26 heavy (non-hydrogen) atoms. The number of nitrogens with one attached hydrogen (secondary N) is 1. The van der Waals surface area contributed by atoms with E-state index in [1.807, 2.05) is 0 Å². The maximum atomic E-state index is 12.4. The Balaban J connectivity index is 1.77. The third kappa shape index (κ3) is 3.88. The summed E-state index contributed by atoms with van der Waals surface area (Å²) in [7, 11) is -0.483. The summed E-state index contributed by atoms with van der Waals surface area (Å²) < 4.78 is 27.1. The lowest BCUT2D eigenvalue weighted by molar-refractivity contribution is 0.102. The van der Waals surface area contributed by atoms with Crippen LogP contribution in [-0.4, -0.2) is 48.6 Å². The number of halogens is 2. The Morgan fingerprint density at radius 1 is 1.35 bits per heavy atom. The van der Waals surface area contributed by atoms with Crippen LogP contribution in [0.15, 0.2) is 18.2 Å². The minimum absolute atomic E-state index is 0.241. The minimum Gasteiger partial charge on any atom is -0.298 e. The SMILES string of the molecule is CN(C)S(=O)(=O)N1CCc2nc(NC(=O)c3ccc(Cl)cc3Cl)sc2C1. The minimum atomic E-state index is -3.48. The van der Waals surface area contributed by atoms with Crippen LogP contribution in [0.25, 0.3) is 0 Å². The van der Waals surface area contributed by atoms with Crippen LogP contribution < -0.4 is 5.32 Å². The molecule has 2 heterocycles. The van der Waals surface area contributed by atoms with Gasteiger partial charge in [-0.2, -0.15) is 17.0 Å². The normalized spacial score (nSPS) is 15.1. The molecule has 1 amide bonds. The van der Waals surface area contributed by atoms with Gasteiger partial charge in [0, 0.05) is 37.0 Å². The number of carbonyl (C=O) groups excluding carboxylic acids is 1. The number of fused-ring (bicyclic) bond motifs is 1. The second-order valence-electron chi connectivity index (χ2n) is 5.84. The van der Waals surface area contributed by atoms with E-state index in [0.717, 1.165) is 10.6 Å². The van der Waals surface area contributed by atoms with Gasteiger partial charge >= 0.3 is 0 Å². The molecule has 0 spiro atoms. The molecule has 1 aromatic heterocycles. The predicted molar refractivity (Wildman–Crippen MR) is 103 cm³/mol. The van der Waals surface area contributed by atoms with Crippen molar-refractivity contribution in [3.63, 3.8) is 0 Å². The second kappa shape index (κ2) is 7.41. The molecule has 0 atom stereocenters. The topological polar surface area (TPSA) is 82.6 Å². The monoisotopic (exact) mass is 434 g/mol. The first kappa shape index (κ1) is 19.5.